The van der Waals surface area contributed by atoms with Crippen LogP contribution in [-0.2, 0) is 4.79 Å². The molecular weight excluding hydrogens is 174 g/mol. The number of nitrogens with one attached hydrogen (secondary N) is 1. The van der Waals surface area contributed by atoms with E-state index in [1.54, 1.807) is 18.8 Å². The van der Waals surface area contributed by atoms with Crippen molar-refractivity contribution in [2.75, 3.05) is 25.2 Å². The summed E-state index contributed by atoms with van der Waals surface area (Å²) in [5, 5.41) is 11.3. The molecule has 72 valence electrons. The van der Waals surface area contributed by atoms with Gasteiger partial charge in [-0.3, -0.25) is 4.79 Å². The standard InChI is InChI=1S/C8H17NO2S/c1-7(5-10)6-12-4-3-8(11)9-2/h7,10H,3-6H2,1-2H3,(H,9,11). The zero-order valence-electron chi connectivity index (χ0n) is 7.67. The number of rotatable bonds is 6. The lowest BCUT2D eigenvalue weighted by atomic mass is 10.2. The highest BCUT2D eigenvalue weighted by Crippen LogP contribution is 2.08. The molecule has 1 amide bonds. The van der Waals surface area contributed by atoms with E-state index in [-0.39, 0.29) is 12.5 Å². The first-order chi connectivity index (χ1) is 5.70. The molecule has 1 unspecified atom stereocenters. The van der Waals surface area contributed by atoms with E-state index in [9.17, 15) is 4.79 Å². The summed E-state index contributed by atoms with van der Waals surface area (Å²) < 4.78 is 0. The summed E-state index contributed by atoms with van der Waals surface area (Å²) >= 11 is 1.71. The van der Waals surface area contributed by atoms with Crippen molar-refractivity contribution < 1.29 is 9.90 Å². The van der Waals surface area contributed by atoms with Crippen molar-refractivity contribution >= 4 is 17.7 Å². The zero-order valence-corrected chi connectivity index (χ0v) is 8.49. The average molecular weight is 191 g/mol. The fourth-order valence-electron chi connectivity index (χ4n) is 0.627. The van der Waals surface area contributed by atoms with Gasteiger partial charge in [0.2, 0.25) is 5.91 Å². The van der Waals surface area contributed by atoms with E-state index < -0.39 is 0 Å². The molecule has 0 aliphatic heterocycles. The molecule has 4 heteroatoms. The molecule has 3 nitrogen and oxygen atoms in total. The molecule has 0 aromatic heterocycles. The largest absolute Gasteiger partial charge is 0.396 e. The summed E-state index contributed by atoms with van der Waals surface area (Å²) in [5.74, 6) is 2.18. The highest BCUT2D eigenvalue weighted by Gasteiger charge is 2.01. The number of hydrogen-bond acceptors (Lipinski definition) is 3. The number of carbonyl (C=O) groups is 1. The smallest absolute Gasteiger partial charge is 0.220 e. The Balaban J connectivity index is 3.15. The normalized spacial score (nSPS) is 12.6. The summed E-state index contributed by atoms with van der Waals surface area (Å²) in [6.07, 6.45) is 0.569. The molecule has 0 radical (unpaired) electrons. The quantitative estimate of drug-likeness (QED) is 0.601. The summed E-state index contributed by atoms with van der Waals surface area (Å²) in [4.78, 5) is 10.8. The van der Waals surface area contributed by atoms with Crippen molar-refractivity contribution in [2.24, 2.45) is 5.92 Å². The lowest BCUT2D eigenvalue weighted by molar-refractivity contribution is -0.120. The van der Waals surface area contributed by atoms with Gasteiger partial charge in [-0.15, -0.1) is 0 Å². The summed E-state index contributed by atoms with van der Waals surface area (Å²) in [6.45, 7) is 2.22. The molecule has 0 aliphatic rings. The maximum absolute atomic E-state index is 10.8. The topological polar surface area (TPSA) is 49.3 Å². The fourth-order valence-corrected chi connectivity index (χ4v) is 1.63. The molecule has 0 aromatic rings. The Labute approximate surface area is 77.9 Å². The number of aliphatic hydroxyl groups is 1. The van der Waals surface area contributed by atoms with Crippen LogP contribution in [0.25, 0.3) is 0 Å². The van der Waals surface area contributed by atoms with Crippen molar-refractivity contribution in [3.63, 3.8) is 0 Å². The van der Waals surface area contributed by atoms with Crippen molar-refractivity contribution in [3.8, 4) is 0 Å². The number of thioether (sulfide) groups is 1. The van der Waals surface area contributed by atoms with E-state index in [4.69, 9.17) is 5.11 Å². The lowest BCUT2D eigenvalue weighted by Gasteiger charge is -2.06. The van der Waals surface area contributed by atoms with Gasteiger partial charge in [-0.25, -0.2) is 0 Å². The molecular formula is C8H17NO2S. The summed E-state index contributed by atoms with van der Waals surface area (Å²) in [5.41, 5.74) is 0. The minimum Gasteiger partial charge on any atom is -0.396 e. The van der Waals surface area contributed by atoms with Crippen molar-refractivity contribution in [3.05, 3.63) is 0 Å². The van der Waals surface area contributed by atoms with Crippen LogP contribution in [-0.4, -0.2) is 36.2 Å². The fraction of sp³-hybridized carbons (Fsp3) is 0.875. The molecule has 0 bridgehead atoms. The van der Waals surface area contributed by atoms with E-state index in [1.165, 1.54) is 0 Å². The van der Waals surface area contributed by atoms with Gasteiger partial charge in [0.25, 0.3) is 0 Å². The number of hydrogen-bond donors (Lipinski definition) is 2. The van der Waals surface area contributed by atoms with Gasteiger partial charge in [-0.1, -0.05) is 6.92 Å². The van der Waals surface area contributed by atoms with Gasteiger partial charge in [0.15, 0.2) is 0 Å². The van der Waals surface area contributed by atoms with Crippen LogP contribution in [0.2, 0.25) is 0 Å². The Hall–Kier alpha value is -0.220. The van der Waals surface area contributed by atoms with Crippen LogP contribution in [0.5, 0.6) is 0 Å². The third kappa shape index (κ3) is 6.49. The first-order valence-electron chi connectivity index (χ1n) is 4.10. The van der Waals surface area contributed by atoms with Gasteiger partial charge in [-0.2, -0.15) is 11.8 Å². The van der Waals surface area contributed by atoms with E-state index in [1.807, 2.05) is 6.92 Å². The van der Waals surface area contributed by atoms with Crippen LogP contribution < -0.4 is 5.32 Å². The van der Waals surface area contributed by atoms with E-state index >= 15 is 0 Å². The van der Waals surface area contributed by atoms with Crippen molar-refractivity contribution in [1.29, 1.82) is 0 Å². The number of carbonyl (C=O) groups excluding carboxylic acids is 1. The third-order valence-corrected chi connectivity index (χ3v) is 2.76. The Bertz CT molecular complexity index is 130. The SMILES string of the molecule is CNC(=O)CCSCC(C)CO. The maximum Gasteiger partial charge on any atom is 0.220 e. The molecule has 0 spiro atoms. The number of aliphatic hydroxyl groups excluding tert-OH is 1. The molecule has 12 heavy (non-hydrogen) atoms. The van der Waals surface area contributed by atoms with Gasteiger partial charge in [0, 0.05) is 25.8 Å². The van der Waals surface area contributed by atoms with Crippen LogP contribution in [0.4, 0.5) is 0 Å². The number of amides is 1. The zero-order chi connectivity index (χ0) is 9.40. The van der Waals surface area contributed by atoms with Gasteiger partial charge in [-0.05, 0) is 11.7 Å². The molecule has 1 atom stereocenters. The Kier molecular flexibility index (Phi) is 7.29. The van der Waals surface area contributed by atoms with Crippen LogP contribution in [0.3, 0.4) is 0 Å². The molecule has 0 rings (SSSR count). The minimum absolute atomic E-state index is 0.0825. The highest BCUT2D eigenvalue weighted by molar-refractivity contribution is 7.99. The van der Waals surface area contributed by atoms with E-state index in [0.29, 0.717) is 12.3 Å². The van der Waals surface area contributed by atoms with Crippen molar-refractivity contribution in [2.45, 2.75) is 13.3 Å². The Morgan fingerprint density at radius 3 is 2.83 bits per heavy atom. The summed E-state index contributed by atoms with van der Waals surface area (Å²) in [7, 11) is 1.64. The average Bonchev–Trinajstić information content (AvgIpc) is 2.11. The first kappa shape index (κ1) is 11.8. The van der Waals surface area contributed by atoms with Gasteiger partial charge in [0.1, 0.15) is 0 Å². The van der Waals surface area contributed by atoms with E-state index in [0.717, 1.165) is 11.5 Å². The second-order valence-electron chi connectivity index (χ2n) is 2.79. The predicted octanol–water partition coefficient (Wildman–Crippen LogP) is 0.484. The second kappa shape index (κ2) is 7.43. The highest BCUT2D eigenvalue weighted by atomic mass is 32.2. The van der Waals surface area contributed by atoms with Crippen molar-refractivity contribution in [1.82, 2.24) is 5.32 Å². The van der Waals surface area contributed by atoms with Crippen LogP contribution in [0.1, 0.15) is 13.3 Å². The molecule has 0 aliphatic carbocycles. The molecule has 0 saturated heterocycles. The molecule has 0 fully saturated rings. The Morgan fingerprint density at radius 1 is 1.67 bits per heavy atom. The third-order valence-electron chi connectivity index (χ3n) is 1.47. The van der Waals surface area contributed by atoms with Crippen LogP contribution in [0.15, 0.2) is 0 Å². The lowest BCUT2D eigenvalue weighted by Crippen LogP contribution is -2.18. The molecule has 2 N–H and O–H groups in total. The van der Waals surface area contributed by atoms with Gasteiger partial charge < -0.3 is 10.4 Å². The molecule has 0 saturated carbocycles. The maximum atomic E-state index is 10.8. The second-order valence-corrected chi connectivity index (χ2v) is 3.94. The summed E-state index contributed by atoms with van der Waals surface area (Å²) in [6, 6.07) is 0. The Morgan fingerprint density at radius 2 is 2.33 bits per heavy atom. The van der Waals surface area contributed by atoms with Crippen LogP contribution in [0, 0.1) is 5.92 Å². The predicted molar refractivity (Wildman–Crippen MR) is 52.3 cm³/mol. The molecule has 0 heterocycles. The van der Waals surface area contributed by atoms with Gasteiger partial charge in [0.05, 0.1) is 0 Å². The molecule has 0 aromatic carbocycles. The first-order valence-corrected chi connectivity index (χ1v) is 5.25. The van der Waals surface area contributed by atoms with E-state index in [2.05, 4.69) is 5.32 Å². The van der Waals surface area contributed by atoms with Crippen LogP contribution >= 0.6 is 11.8 Å². The van der Waals surface area contributed by atoms with Gasteiger partial charge >= 0.3 is 0 Å². The monoisotopic (exact) mass is 191 g/mol. The minimum atomic E-state index is 0.0825.